The fraction of sp³-hybridized carbons (Fsp3) is 0.537. The van der Waals surface area contributed by atoms with Crippen LogP contribution in [0.1, 0.15) is 86.0 Å². The maximum atomic E-state index is 14.7. The van der Waals surface area contributed by atoms with Crippen molar-refractivity contribution in [1.82, 2.24) is 25.5 Å². The predicted octanol–water partition coefficient (Wildman–Crippen LogP) is 6.84. The number of aliphatic carboxylic acids is 1. The number of nitrogens with one attached hydrogen (secondary N) is 3. The Kier molecular flexibility index (Phi) is 13.0. The van der Waals surface area contributed by atoms with Crippen molar-refractivity contribution in [3.8, 4) is 22.9 Å². The van der Waals surface area contributed by atoms with Crippen molar-refractivity contribution in [3.05, 3.63) is 40.7 Å². The molecule has 5 atom stereocenters. The van der Waals surface area contributed by atoms with E-state index in [0.717, 1.165) is 32.1 Å². The molecule has 3 fully saturated rings. The molecule has 4 N–H and O–H groups in total. The lowest BCUT2D eigenvalue weighted by Gasteiger charge is -2.35. The van der Waals surface area contributed by atoms with E-state index in [0.29, 0.717) is 50.0 Å². The molecule has 3 heterocycles. The van der Waals surface area contributed by atoms with Gasteiger partial charge in [-0.3, -0.25) is 14.4 Å². The fourth-order valence-corrected chi connectivity index (χ4v) is 8.68. The van der Waals surface area contributed by atoms with Gasteiger partial charge in [-0.25, -0.2) is 19.6 Å². The van der Waals surface area contributed by atoms with E-state index in [2.05, 4.69) is 43.4 Å². The van der Waals surface area contributed by atoms with Gasteiger partial charge in [-0.1, -0.05) is 40.7 Å². The lowest BCUT2D eigenvalue weighted by Crippen LogP contribution is -2.59. The van der Waals surface area contributed by atoms with Gasteiger partial charge >= 0.3 is 12.1 Å². The van der Waals surface area contributed by atoms with Crippen LogP contribution >= 0.6 is 27.3 Å². The Hall–Kier alpha value is -4.77. The smallest absolute Gasteiger partial charge is 0.408 e. The van der Waals surface area contributed by atoms with Gasteiger partial charge < -0.3 is 40.2 Å². The summed E-state index contributed by atoms with van der Waals surface area (Å²) in [5.41, 5.74) is -0.906. The van der Waals surface area contributed by atoms with Gasteiger partial charge in [-0.2, -0.15) is 0 Å². The Bertz CT molecular complexity index is 2080. The van der Waals surface area contributed by atoms with Crippen LogP contribution in [0.5, 0.6) is 11.5 Å². The SMILES string of the molecule is C=C[C@@H]1C[C@]1(NC(=O)[C@@H]1C[C@@H](Oc2cc(-c3csc(NC(=O)CC)n3)nc3c(Br)c(OCCC)ccc23)CN1C(=O)[C@@H](NC(=O)OC1CCCC1)C(C)(C)C)C(=O)O. The number of hydrogen-bond donors (Lipinski definition) is 4. The molecule has 6 rings (SSSR count). The summed E-state index contributed by atoms with van der Waals surface area (Å²) in [5, 5.41) is 21.2. The highest BCUT2D eigenvalue weighted by Crippen LogP contribution is 2.45. The first-order chi connectivity index (χ1) is 27.6. The lowest BCUT2D eigenvalue weighted by molar-refractivity contribution is -0.146. The number of ether oxygens (including phenoxy) is 3. The summed E-state index contributed by atoms with van der Waals surface area (Å²) in [6.07, 6.45) is 4.46. The molecule has 0 unspecified atom stereocenters. The van der Waals surface area contributed by atoms with Crippen LogP contribution in [0.4, 0.5) is 9.93 Å². The van der Waals surface area contributed by atoms with Gasteiger partial charge in [0.2, 0.25) is 17.7 Å². The summed E-state index contributed by atoms with van der Waals surface area (Å²) in [7, 11) is 0. The number of halogens is 1. The van der Waals surface area contributed by atoms with Crippen molar-refractivity contribution in [2.75, 3.05) is 18.5 Å². The van der Waals surface area contributed by atoms with Gasteiger partial charge in [0.25, 0.3) is 0 Å². The van der Waals surface area contributed by atoms with E-state index in [1.54, 1.807) is 45.2 Å². The highest BCUT2D eigenvalue weighted by atomic mass is 79.9. The van der Waals surface area contributed by atoms with Crippen LogP contribution in [-0.2, 0) is 23.9 Å². The largest absolute Gasteiger partial charge is 0.492 e. The highest BCUT2D eigenvalue weighted by Gasteiger charge is 2.61. The number of hydrogen-bond acceptors (Lipinski definition) is 11. The van der Waals surface area contributed by atoms with E-state index in [9.17, 15) is 29.1 Å². The van der Waals surface area contributed by atoms with E-state index >= 15 is 0 Å². The minimum absolute atomic E-state index is 0.0112. The number of alkyl carbamates (subject to hydrolysis) is 1. The number of carbonyl (C=O) groups is 5. The van der Waals surface area contributed by atoms with Gasteiger partial charge in [-0.05, 0) is 72.0 Å². The second-order valence-electron chi connectivity index (χ2n) is 16.1. The quantitative estimate of drug-likeness (QED) is 0.117. The summed E-state index contributed by atoms with van der Waals surface area (Å²) in [5.74, 6) is -2.08. The highest BCUT2D eigenvalue weighted by molar-refractivity contribution is 9.10. The molecule has 0 radical (unpaired) electrons. The normalized spacial score (nSPS) is 22.2. The first-order valence-electron chi connectivity index (χ1n) is 19.7. The number of carbonyl (C=O) groups excluding carboxylic acids is 4. The Morgan fingerprint density at radius 3 is 2.48 bits per heavy atom. The number of fused-ring (bicyclic) bond motifs is 1. The van der Waals surface area contributed by atoms with Crippen LogP contribution in [0, 0.1) is 11.3 Å². The zero-order valence-electron chi connectivity index (χ0n) is 33.4. The summed E-state index contributed by atoms with van der Waals surface area (Å²) >= 11 is 4.94. The van der Waals surface area contributed by atoms with E-state index in [1.807, 2.05) is 13.0 Å². The number of carboxylic acid groups (broad SMARTS) is 1. The van der Waals surface area contributed by atoms with Gasteiger partial charge in [0.1, 0.15) is 47.0 Å². The monoisotopic (exact) mass is 882 g/mol. The average molecular weight is 884 g/mol. The summed E-state index contributed by atoms with van der Waals surface area (Å²) in [4.78, 5) is 77.4. The van der Waals surface area contributed by atoms with Crippen molar-refractivity contribution < 1.29 is 43.3 Å². The molecule has 58 heavy (non-hydrogen) atoms. The fourth-order valence-electron chi connectivity index (χ4n) is 7.41. The molecule has 2 aliphatic carbocycles. The first-order valence-corrected chi connectivity index (χ1v) is 21.4. The second-order valence-corrected chi connectivity index (χ2v) is 17.8. The third kappa shape index (κ3) is 9.25. The number of aromatic nitrogens is 2. The van der Waals surface area contributed by atoms with Crippen molar-refractivity contribution in [1.29, 1.82) is 0 Å². The first kappa shape index (κ1) is 42.8. The summed E-state index contributed by atoms with van der Waals surface area (Å²) in [6, 6.07) is 3.11. The Morgan fingerprint density at radius 2 is 1.84 bits per heavy atom. The molecule has 3 aliphatic rings. The molecule has 1 saturated heterocycles. The van der Waals surface area contributed by atoms with Crippen molar-refractivity contribution >= 4 is 73.1 Å². The van der Waals surface area contributed by atoms with E-state index in [-0.39, 0.29) is 37.8 Å². The minimum Gasteiger partial charge on any atom is -0.492 e. The summed E-state index contributed by atoms with van der Waals surface area (Å²) < 4.78 is 19.0. The molecular formula is C41H51BrN6O9S. The number of carboxylic acids is 1. The Morgan fingerprint density at radius 1 is 1.10 bits per heavy atom. The van der Waals surface area contributed by atoms with E-state index < -0.39 is 58.9 Å². The van der Waals surface area contributed by atoms with Gasteiger partial charge in [0.05, 0.1) is 28.8 Å². The van der Waals surface area contributed by atoms with Crippen LogP contribution in [0.25, 0.3) is 22.3 Å². The van der Waals surface area contributed by atoms with E-state index in [1.165, 1.54) is 22.3 Å². The van der Waals surface area contributed by atoms with Crippen molar-refractivity contribution in [3.63, 3.8) is 0 Å². The number of pyridine rings is 1. The standard InChI is InChI=1S/C41H51BrN6O9S/c1-7-16-55-29-15-14-25-30(18-26(43-33(25)32(29)42)27-21-58-38(44-27)45-31(49)9-3)56-24-17-28(35(50)47-41(37(52)53)19-22(41)8-2)48(20-24)36(51)34(40(4,5)6)46-39(54)57-23-12-10-11-13-23/h8,14-15,18,21-24,28,34H,2,7,9-13,16-17,19-20H2,1,3-6H3,(H,46,54)(H,47,50)(H,52,53)(H,44,45,49)/t22-,24-,28+,34-,41-/m1/s1. The number of anilines is 1. The number of thiazole rings is 1. The third-order valence-electron chi connectivity index (χ3n) is 10.8. The minimum atomic E-state index is -1.54. The molecule has 0 spiro atoms. The van der Waals surface area contributed by atoms with Crippen LogP contribution in [0.2, 0.25) is 0 Å². The zero-order valence-corrected chi connectivity index (χ0v) is 35.8. The van der Waals surface area contributed by atoms with Crippen LogP contribution < -0.4 is 25.4 Å². The lowest BCUT2D eigenvalue weighted by atomic mass is 9.85. The van der Waals surface area contributed by atoms with Gasteiger partial charge in [-0.15, -0.1) is 17.9 Å². The second kappa shape index (κ2) is 17.6. The Balaban J connectivity index is 1.35. The van der Waals surface area contributed by atoms with Crippen LogP contribution in [-0.4, -0.2) is 92.7 Å². The number of benzene rings is 1. The maximum absolute atomic E-state index is 14.7. The van der Waals surface area contributed by atoms with Crippen molar-refractivity contribution in [2.24, 2.45) is 11.3 Å². The molecule has 1 aromatic carbocycles. The molecule has 312 valence electrons. The number of nitrogens with zero attached hydrogens (tertiary/aromatic N) is 3. The Labute approximate surface area is 349 Å². The molecule has 0 bridgehead atoms. The van der Waals surface area contributed by atoms with Crippen LogP contribution in [0.15, 0.2) is 40.7 Å². The maximum Gasteiger partial charge on any atom is 0.408 e. The number of rotatable bonds is 15. The van der Waals surface area contributed by atoms with Crippen molar-refractivity contribution in [2.45, 2.75) is 116 Å². The molecule has 3 aromatic rings. The topological polar surface area (TPSA) is 198 Å². The molecule has 17 heteroatoms. The molecule has 4 amide bonds. The molecule has 1 aliphatic heterocycles. The molecule has 15 nitrogen and oxygen atoms in total. The number of amides is 4. The van der Waals surface area contributed by atoms with E-state index in [4.69, 9.17) is 19.2 Å². The summed E-state index contributed by atoms with van der Waals surface area (Å²) in [6.45, 7) is 13.3. The molecule has 2 saturated carbocycles. The zero-order chi connectivity index (χ0) is 41.9. The van der Waals surface area contributed by atoms with Crippen LogP contribution in [0.3, 0.4) is 0 Å². The average Bonchev–Trinajstić information content (AvgIpc) is 3.59. The molecule has 2 aromatic heterocycles. The molecular weight excluding hydrogens is 832 g/mol. The third-order valence-corrected chi connectivity index (χ3v) is 12.3. The predicted molar refractivity (Wildman–Crippen MR) is 222 cm³/mol. The number of likely N-dealkylation sites (tertiary alicyclic amines) is 1. The van der Waals surface area contributed by atoms with Gasteiger partial charge in [0, 0.05) is 35.6 Å². The van der Waals surface area contributed by atoms with Gasteiger partial charge in [0.15, 0.2) is 5.13 Å².